The van der Waals surface area contributed by atoms with Crippen LogP contribution < -0.4 is 15.4 Å². The van der Waals surface area contributed by atoms with E-state index >= 15 is 0 Å². The molecule has 0 saturated carbocycles. The van der Waals surface area contributed by atoms with Crippen LogP contribution >= 0.6 is 0 Å². The molecule has 0 bridgehead atoms. The van der Waals surface area contributed by atoms with Gasteiger partial charge in [-0.15, -0.1) is 0 Å². The molecule has 140 valence electrons. The van der Waals surface area contributed by atoms with E-state index in [4.69, 9.17) is 9.47 Å². The molecule has 1 aliphatic rings. The maximum atomic E-state index is 11.9. The summed E-state index contributed by atoms with van der Waals surface area (Å²) in [6.45, 7) is 1.59. The molecule has 0 aromatic heterocycles. The first kappa shape index (κ1) is 18.4. The summed E-state index contributed by atoms with van der Waals surface area (Å²) in [5.41, 5.74) is 1.71. The molecule has 1 atom stereocenters. The number of benzene rings is 2. The van der Waals surface area contributed by atoms with Gasteiger partial charge in [-0.1, -0.05) is 17.7 Å². The molecule has 0 spiro atoms. The van der Waals surface area contributed by atoms with Gasteiger partial charge in [0.25, 0.3) is 5.91 Å². The topological polar surface area (TPSA) is 93.7 Å². The number of carbonyl (C=O) groups is 3. The fraction of sp³-hybridized carbons (Fsp3) is 0.250. The van der Waals surface area contributed by atoms with Crippen LogP contribution in [0.1, 0.15) is 18.4 Å². The fourth-order valence-corrected chi connectivity index (χ4v) is 2.57. The van der Waals surface area contributed by atoms with E-state index in [2.05, 4.69) is 10.6 Å². The van der Waals surface area contributed by atoms with Crippen molar-refractivity contribution in [2.24, 2.45) is 0 Å². The van der Waals surface area contributed by atoms with Gasteiger partial charge in [-0.2, -0.15) is 0 Å². The molecule has 1 fully saturated rings. The number of hydrogen-bond donors (Lipinski definition) is 2. The van der Waals surface area contributed by atoms with Crippen molar-refractivity contribution in [3.05, 3.63) is 54.1 Å². The van der Waals surface area contributed by atoms with Crippen LogP contribution in [-0.2, 0) is 19.1 Å². The first-order valence-corrected chi connectivity index (χ1v) is 8.60. The number of nitrogens with one attached hydrogen (secondary N) is 2. The van der Waals surface area contributed by atoms with Crippen LogP contribution in [-0.4, -0.2) is 30.4 Å². The molecule has 2 amide bonds. The zero-order valence-electron chi connectivity index (χ0n) is 14.9. The second-order valence-electron chi connectivity index (χ2n) is 6.25. The van der Waals surface area contributed by atoms with Crippen molar-refractivity contribution < 1.29 is 23.9 Å². The number of carbonyl (C=O) groups excluding carboxylic acids is 3. The molecule has 2 aromatic rings. The molecule has 27 heavy (non-hydrogen) atoms. The van der Waals surface area contributed by atoms with Crippen molar-refractivity contribution in [1.82, 2.24) is 5.32 Å². The monoisotopic (exact) mass is 368 g/mol. The van der Waals surface area contributed by atoms with Crippen molar-refractivity contribution in [3.63, 3.8) is 0 Å². The van der Waals surface area contributed by atoms with Crippen LogP contribution in [0.15, 0.2) is 48.5 Å². The van der Waals surface area contributed by atoms with Gasteiger partial charge in [0.05, 0.1) is 0 Å². The minimum absolute atomic E-state index is 0.186. The number of hydrogen-bond acceptors (Lipinski definition) is 5. The molecule has 1 saturated heterocycles. The SMILES string of the molecule is Cc1ccc(Oc2ccc(NC(=O)COC(=O)[C@H]3CCC(=O)N3)cc2)cc1. The van der Waals surface area contributed by atoms with E-state index in [1.54, 1.807) is 24.3 Å². The zero-order chi connectivity index (χ0) is 19.2. The molecule has 0 radical (unpaired) electrons. The van der Waals surface area contributed by atoms with Crippen molar-refractivity contribution in [2.75, 3.05) is 11.9 Å². The van der Waals surface area contributed by atoms with E-state index in [0.717, 1.165) is 11.3 Å². The van der Waals surface area contributed by atoms with Crippen LogP contribution in [0, 0.1) is 6.92 Å². The minimum Gasteiger partial charge on any atom is -0.457 e. The summed E-state index contributed by atoms with van der Waals surface area (Å²) in [7, 11) is 0. The van der Waals surface area contributed by atoms with Crippen molar-refractivity contribution in [3.8, 4) is 11.5 Å². The quantitative estimate of drug-likeness (QED) is 0.765. The number of amides is 2. The Balaban J connectivity index is 1.46. The molecule has 7 nitrogen and oxygen atoms in total. The van der Waals surface area contributed by atoms with Gasteiger partial charge in [0.2, 0.25) is 5.91 Å². The summed E-state index contributed by atoms with van der Waals surface area (Å²) in [5, 5.41) is 5.13. The molecule has 2 N–H and O–H groups in total. The summed E-state index contributed by atoms with van der Waals surface area (Å²) < 4.78 is 10.7. The Morgan fingerprint density at radius 2 is 1.70 bits per heavy atom. The van der Waals surface area contributed by atoms with Crippen molar-refractivity contribution >= 4 is 23.5 Å². The van der Waals surface area contributed by atoms with Gasteiger partial charge in [0.15, 0.2) is 6.61 Å². The lowest BCUT2D eigenvalue weighted by Gasteiger charge is -2.11. The molecule has 1 heterocycles. The Kier molecular flexibility index (Phi) is 5.71. The van der Waals surface area contributed by atoms with Gasteiger partial charge in [0.1, 0.15) is 17.5 Å². The zero-order valence-corrected chi connectivity index (χ0v) is 14.9. The van der Waals surface area contributed by atoms with Crippen molar-refractivity contribution in [2.45, 2.75) is 25.8 Å². The van der Waals surface area contributed by atoms with E-state index in [9.17, 15) is 14.4 Å². The standard InChI is InChI=1S/C20H20N2O5/c1-13-2-6-15(7-3-13)27-16-8-4-14(5-9-16)21-19(24)12-26-20(25)17-10-11-18(23)22-17/h2-9,17H,10-12H2,1H3,(H,21,24)(H,22,23)/t17-/m1/s1. The first-order chi connectivity index (χ1) is 13.0. The van der Waals surface area contributed by atoms with Gasteiger partial charge >= 0.3 is 5.97 Å². The molecule has 0 unspecified atom stereocenters. The van der Waals surface area contributed by atoms with Gasteiger partial charge in [0, 0.05) is 12.1 Å². The molecule has 1 aliphatic heterocycles. The lowest BCUT2D eigenvalue weighted by Crippen LogP contribution is -2.36. The van der Waals surface area contributed by atoms with E-state index in [-0.39, 0.29) is 5.91 Å². The molecule has 0 aliphatic carbocycles. The third kappa shape index (κ3) is 5.31. The van der Waals surface area contributed by atoms with Crippen LogP contribution in [0.3, 0.4) is 0 Å². The van der Waals surface area contributed by atoms with Crippen molar-refractivity contribution in [1.29, 1.82) is 0 Å². The first-order valence-electron chi connectivity index (χ1n) is 8.60. The number of esters is 1. The highest BCUT2D eigenvalue weighted by Crippen LogP contribution is 2.23. The summed E-state index contributed by atoms with van der Waals surface area (Å²) in [6, 6.07) is 13.9. The third-order valence-electron chi connectivity index (χ3n) is 4.02. The number of rotatable bonds is 6. The number of aryl methyl sites for hydroxylation is 1. The third-order valence-corrected chi connectivity index (χ3v) is 4.02. The maximum Gasteiger partial charge on any atom is 0.329 e. The highest BCUT2D eigenvalue weighted by molar-refractivity contribution is 5.94. The summed E-state index contributed by atoms with van der Waals surface area (Å²) in [6.07, 6.45) is 0.685. The van der Waals surface area contributed by atoms with Crippen LogP contribution in [0.5, 0.6) is 11.5 Å². The largest absolute Gasteiger partial charge is 0.457 e. The lowest BCUT2D eigenvalue weighted by atomic mass is 10.2. The maximum absolute atomic E-state index is 11.9. The van der Waals surface area contributed by atoms with Gasteiger partial charge in [-0.05, 0) is 49.7 Å². The van der Waals surface area contributed by atoms with Crippen LogP contribution in [0.4, 0.5) is 5.69 Å². The Morgan fingerprint density at radius 3 is 2.30 bits per heavy atom. The average Bonchev–Trinajstić information content (AvgIpc) is 3.10. The number of ether oxygens (including phenoxy) is 2. The van der Waals surface area contributed by atoms with Crippen LogP contribution in [0.2, 0.25) is 0 Å². The van der Waals surface area contributed by atoms with E-state index in [1.165, 1.54) is 0 Å². The summed E-state index contributed by atoms with van der Waals surface area (Å²) in [4.78, 5) is 34.7. The molecular weight excluding hydrogens is 348 g/mol. The Labute approximate surface area is 156 Å². The predicted octanol–water partition coefficient (Wildman–Crippen LogP) is 2.55. The average molecular weight is 368 g/mol. The Bertz CT molecular complexity index is 830. The number of anilines is 1. The van der Waals surface area contributed by atoms with Gasteiger partial charge < -0.3 is 20.1 Å². The van der Waals surface area contributed by atoms with Gasteiger partial charge in [-0.3, -0.25) is 9.59 Å². The predicted molar refractivity (Wildman–Crippen MR) is 98.4 cm³/mol. The lowest BCUT2D eigenvalue weighted by molar-refractivity contribution is -0.149. The van der Waals surface area contributed by atoms with E-state index in [1.807, 2.05) is 31.2 Å². The summed E-state index contributed by atoms with van der Waals surface area (Å²) >= 11 is 0. The molecular formula is C20H20N2O5. The molecule has 2 aromatic carbocycles. The van der Waals surface area contributed by atoms with Gasteiger partial charge in [-0.25, -0.2) is 4.79 Å². The normalized spacial score (nSPS) is 15.7. The highest BCUT2D eigenvalue weighted by atomic mass is 16.5. The van der Waals surface area contributed by atoms with Crippen LogP contribution in [0.25, 0.3) is 0 Å². The van der Waals surface area contributed by atoms with E-state index < -0.39 is 24.5 Å². The molecule has 3 rings (SSSR count). The molecule has 7 heteroatoms. The Hall–Kier alpha value is -3.35. The van der Waals surface area contributed by atoms with E-state index in [0.29, 0.717) is 24.3 Å². The smallest absolute Gasteiger partial charge is 0.329 e. The fourth-order valence-electron chi connectivity index (χ4n) is 2.57. The summed E-state index contributed by atoms with van der Waals surface area (Å²) in [5.74, 6) is 0.121. The highest BCUT2D eigenvalue weighted by Gasteiger charge is 2.28. The second kappa shape index (κ2) is 8.35. The minimum atomic E-state index is -0.663. The second-order valence-corrected chi connectivity index (χ2v) is 6.25. The Morgan fingerprint density at radius 1 is 1.07 bits per heavy atom.